The van der Waals surface area contributed by atoms with Gasteiger partial charge in [0.2, 0.25) is 11.0 Å². The lowest BCUT2D eigenvalue weighted by Crippen LogP contribution is -2.11. The molecular weight excluding hydrogens is 252 g/mol. The summed E-state index contributed by atoms with van der Waals surface area (Å²) in [6.45, 7) is 0. The molecule has 0 radical (unpaired) electrons. The average Bonchev–Trinajstić information content (AvgIpc) is 3.02. The van der Waals surface area contributed by atoms with Gasteiger partial charge in [0.25, 0.3) is 0 Å². The van der Waals surface area contributed by atoms with Crippen LogP contribution in [0.5, 0.6) is 0 Å². The van der Waals surface area contributed by atoms with E-state index in [1.54, 1.807) is 36.9 Å². The molecule has 90 valence electrons. The van der Waals surface area contributed by atoms with Crippen LogP contribution >= 0.6 is 11.8 Å². The summed E-state index contributed by atoms with van der Waals surface area (Å²) in [7, 11) is 0. The molecule has 3 aromatic heterocycles. The third-order valence-electron chi connectivity index (χ3n) is 2.13. The zero-order valence-electron chi connectivity index (χ0n) is 9.09. The summed E-state index contributed by atoms with van der Waals surface area (Å²) in [6, 6.07) is 5.27. The maximum absolute atomic E-state index is 5.90. The summed E-state index contributed by atoms with van der Waals surface area (Å²) >= 11 is 1.23. The van der Waals surface area contributed by atoms with Gasteiger partial charge in [0.1, 0.15) is 0 Å². The smallest absolute Gasteiger partial charge is 0.218 e. The van der Waals surface area contributed by atoms with E-state index in [1.807, 2.05) is 0 Å². The minimum atomic E-state index is 0.457. The highest BCUT2D eigenvalue weighted by molar-refractivity contribution is 7.99. The van der Waals surface area contributed by atoms with Crippen LogP contribution in [0, 0.1) is 0 Å². The molecule has 2 N–H and O–H groups in total. The van der Waals surface area contributed by atoms with Gasteiger partial charge in [-0.2, -0.15) is 0 Å². The molecule has 0 saturated heterocycles. The summed E-state index contributed by atoms with van der Waals surface area (Å²) in [5, 5.41) is 9.00. The van der Waals surface area contributed by atoms with Crippen LogP contribution in [-0.2, 0) is 0 Å². The predicted octanol–water partition coefficient (Wildman–Crippen LogP) is 1.19. The highest BCUT2D eigenvalue weighted by Gasteiger charge is 2.15. The summed E-state index contributed by atoms with van der Waals surface area (Å²) in [6.07, 6.45) is 4.86. The normalized spacial score (nSPS) is 10.7. The Morgan fingerprint density at radius 2 is 2.00 bits per heavy atom. The van der Waals surface area contributed by atoms with Crippen molar-refractivity contribution in [2.24, 2.45) is 0 Å². The third-order valence-corrected chi connectivity index (χ3v) is 2.99. The largest absolute Gasteiger partial charge is 0.461 e. The van der Waals surface area contributed by atoms with Crippen LogP contribution in [0.3, 0.4) is 0 Å². The first kappa shape index (κ1) is 10.8. The van der Waals surface area contributed by atoms with Crippen molar-refractivity contribution in [3.05, 3.63) is 36.9 Å². The molecular formula is C10H8N6OS. The van der Waals surface area contributed by atoms with Gasteiger partial charge in [-0.1, -0.05) is 0 Å². The van der Waals surface area contributed by atoms with Gasteiger partial charge in [-0.15, -0.1) is 10.2 Å². The van der Waals surface area contributed by atoms with Gasteiger partial charge in [0, 0.05) is 12.4 Å². The number of rotatable bonds is 3. The molecule has 8 heteroatoms. The molecule has 3 aromatic rings. The van der Waals surface area contributed by atoms with Crippen molar-refractivity contribution in [1.82, 2.24) is 24.8 Å². The van der Waals surface area contributed by atoms with Crippen LogP contribution in [0.1, 0.15) is 0 Å². The molecule has 0 saturated carbocycles. The molecule has 0 unspecified atom stereocenters. The zero-order chi connectivity index (χ0) is 12.4. The van der Waals surface area contributed by atoms with Crippen molar-refractivity contribution < 1.29 is 4.42 Å². The van der Waals surface area contributed by atoms with Gasteiger partial charge in [-0.3, -0.25) is 0 Å². The van der Waals surface area contributed by atoms with Crippen molar-refractivity contribution in [3.8, 4) is 11.6 Å². The minimum absolute atomic E-state index is 0.457. The fraction of sp³-hybridized carbons (Fsp3) is 0. The molecule has 0 bridgehead atoms. The molecule has 3 rings (SSSR count). The van der Waals surface area contributed by atoms with E-state index in [1.165, 1.54) is 16.4 Å². The van der Waals surface area contributed by atoms with E-state index in [-0.39, 0.29) is 0 Å². The van der Waals surface area contributed by atoms with E-state index < -0.39 is 0 Å². The van der Waals surface area contributed by atoms with E-state index in [9.17, 15) is 0 Å². The van der Waals surface area contributed by atoms with Gasteiger partial charge in [-0.25, -0.2) is 14.6 Å². The number of nitrogens with zero attached hydrogens (tertiary/aromatic N) is 5. The van der Waals surface area contributed by atoms with Crippen molar-refractivity contribution in [1.29, 1.82) is 0 Å². The lowest BCUT2D eigenvalue weighted by molar-refractivity contribution is 0.574. The number of hydrogen-bond donors (Lipinski definition) is 1. The summed E-state index contributed by atoms with van der Waals surface area (Å²) in [5.74, 6) is 6.92. The number of aromatic nitrogens is 5. The highest BCUT2D eigenvalue weighted by atomic mass is 32.2. The van der Waals surface area contributed by atoms with Crippen LogP contribution in [0.2, 0.25) is 0 Å². The van der Waals surface area contributed by atoms with Crippen LogP contribution in [-0.4, -0.2) is 24.8 Å². The quantitative estimate of drug-likeness (QED) is 0.558. The molecule has 0 aliphatic rings. The Bertz CT molecular complexity index is 636. The Morgan fingerprint density at radius 1 is 1.17 bits per heavy atom. The first-order valence-corrected chi connectivity index (χ1v) is 5.85. The second-order valence-corrected chi connectivity index (χ2v) is 4.22. The van der Waals surface area contributed by atoms with Crippen LogP contribution in [0.15, 0.2) is 51.6 Å². The lowest BCUT2D eigenvalue weighted by atomic mass is 10.4. The number of furan rings is 1. The van der Waals surface area contributed by atoms with Gasteiger partial charge in [0.15, 0.2) is 10.9 Å². The SMILES string of the molecule is Nn1c(Sc2ncccn2)nnc1-c1ccco1. The van der Waals surface area contributed by atoms with E-state index in [0.29, 0.717) is 21.9 Å². The predicted molar refractivity (Wildman–Crippen MR) is 64.0 cm³/mol. The summed E-state index contributed by atoms with van der Waals surface area (Å²) in [4.78, 5) is 8.16. The Balaban J connectivity index is 1.91. The van der Waals surface area contributed by atoms with Crippen molar-refractivity contribution in [2.45, 2.75) is 10.3 Å². The zero-order valence-corrected chi connectivity index (χ0v) is 9.91. The molecule has 18 heavy (non-hydrogen) atoms. The van der Waals surface area contributed by atoms with E-state index >= 15 is 0 Å². The summed E-state index contributed by atoms with van der Waals surface area (Å²) < 4.78 is 6.57. The van der Waals surface area contributed by atoms with Crippen LogP contribution < -0.4 is 5.84 Å². The van der Waals surface area contributed by atoms with E-state index in [0.717, 1.165) is 0 Å². The van der Waals surface area contributed by atoms with Crippen molar-refractivity contribution in [3.63, 3.8) is 0 Å². The average molecular weight is 260 g/mol. The second-order valence-electron chi connectivity index (χ2n) is 3.29. The van der Waals surface area contributed by atoms with Crippen LogP contribution in [0.25, 0.3) is 11.6 Å². The van der Waals surface area contributed by atoms with E-state index in [4.69, 9.17) is 10.3 Å². The lowest BCUT2D eigenvalue weighted by Gasteiger charge is -2.00. The highest BCUT2D eigenvalue weighted by Crippen LogP contribution is 2.25. The minimum Gasteiger partial charge on any atom is -0.461 e. The molecule has 0 amide bonds. The second kappa shape index (κ2) is 4.49. The first-order chi connectivity index (χ1) is 8.84. The van der Waals surface area contributed by atoms with Crippen LogP contribution in [0.4, 0.5) is 0 Å². The Hall–Kier alpha value is -2.35. The Kier molecular flexibility index (Phi) is 2.69. The van der Waals surface area contributed by atoms with Crippen molar-refractivity contribution in [2.75, 3.05) is 5.84 Å². The Labute approximate surface area is 106 Å². The standard InChI is InChI=1S/C10H8N6OS/c11-16-8(7-3-1-6-17-7)14-15-10(16)18-9-12-4-2-5-13-9/h1-6H,11H2. The Morgan fingerprint density at radius 3 is 2.72 bits per heavy atom. The fourth-order valence-corrected chi connectivity index (χ4v) is 2.00. The molecule has 0 aliphatic carbocycles. The molecule has 0 fully saturated rings. The molecule has 0 atom stereocenters. The van der Waals surface area contributed by atoms with Gasteiger partial charge >= 0.3 is 0 Å². The molecule has 0 spiro atoms. The molecule has 7 nitrogen and oxygen atoms in total. The topological polar surface area (TPSA) is 95.7 Å². The fourth-order valence-electron chi connectivity index (χ4n) is 1.34. The molecule has 0 aliphatic heterocycles. The molecule has 0 aromatic carbocycles. The summed E-state index contributed by atoms with van der Waals surface area (Å²) in [5.41, 5.74) is 0. The van der Waals surface area contributed by atoms with Crippen molar-refractivity contribution >= 4 is 11.8 Å². The molecule has 3 heterocycles. The number of nitrogens with two attached hydrogens (primary N) is 1. The first-order valence-electron chi connectivity index (χ1n) is 5.04. The van der Waals surface area contributed by atoms with Gasteiger partial charge < -0.3 is 10.3 Å². The maximum atomic E-state index is 5.90. The number of nitrogen functional groups attached to an aromatic ring is 1. The van der Waals surface area contributed by atoms with E-state index in [2.05, 4.69) is 20.2 Å². The monoisotopic (exact) mass is 260 g/mol. The third kappa shape index (κ3) is 1.93. The van der Waals surface area contributed by atoms with Gasteiger partial charge in [0.05, 0.1) is 6.26 Å². The number of hydrogen-bond acceptors (Lipinski definition) is 7. The van der Waals surface area contributed by atoms with Gasteiger partial charge in [-0.05, 0) is 30.0 Å². The maximum Gasteiger partial charge on any atom is 0.218 e.